The number of fused-ring (bicyclic) bond motifs is 1. The number of amides is 1. The first-order chi connectivity index (χ1) is 11.0. The summed E-state index contributed by atoms with van der Waals surface area (Å²) < 4.78 is 0. The van der Waals surface area contributed by atoms with E-state index >= 15 is 0 Å². The molecule has 0 aliphatic rings. The number of hydrogen-bond acceptors (Lipinski definition) is 6. The van der Waals surface area contributed by atoms with Gasteiger partial charge in [0.25, 0.3) is 0 Å². The second-order valence-electron chi connectivity index (χ2n) is 5.17. The van der Waals surface area contributed by atoms with Gasteiger partial charge in [0.05, 0.1) is 15.8 Å². The summed E-state index contributed by atoms with van der Waals surface area (Å²) >= 11 is 2.81. The maximum Gasteiger partial charge on any atom is 0.239 e. The van der Waals surface area contributed by atoms with Crippen LogP contribution in [0.3, 0.4) is 0 Å². The highest BCUT2D eigenvalue weighted by atomic mass is 32.2. The first-order valence-electron chi connectivity index (χ1n) is 7.17. The number of aryl methyl sites for hydroxylation is 2. The fourth-order valence-electron chi connectivity index (χ4n) is 2.17. The number of thioether (sulfide) groups is 1. The SMILES string of the molecule is Cc1nnc(NC(=O)[C@H](C)Sc2cc(C)c3ccccc3n2)s1. The molecule has 2 aromatic heterocycles. The normalized spacial score (nSPS) is 12.3. The van der Waals surface area contributed by atoms with Gasteiger partial charge in [0, 0.05) is 5.39 Å². The zero-order chi connectivity index (χ0) is 16.4. The monoisotopic (exact) mass is 344 g/mol. The molecule has 0 spiro atoms. The highest BCUT2D eigenvalue weighted by Gasteiger charge is 2.17. The van der Waals surface area contributed by atoms with E-state index in [-0.39, 0.29) is 11.2 Å². The lowest BCUT2D eigenvalue weighted by molar-refractivity contribution is -0.115. The number of pyridine rings is 1. The van der Waals surface area contributed by atoms with Crippen molar-refractivity contribution in [2.75, 3.05) is 5.32 Å². The Labute approximate surface area is 142 Å². The van der Waals surface area contributed by atoms with Gasteiger partial charge in [-0.3, -0.25) is 10.1 Å². The number of aromatic nitrogens is 3. The highest BCUT2D eigenvalue weighted by Crippen LogP contribution is 2.27. The van der Waals surface area contributed by atoms with Crippen LogP contribution in [0.2, 0.25) is 0 Å². The molecule has 3 rings (SSSR count). The van der Waals surface area contributed by atoms with Gasteiger partial charge in [0.2, 0.25) is 11.0 Å². The summed E-state index contributed by atoms with van der Waals surface area (Å²) in [5.74, 6) is -0.0984. The summed E-state index contributed by atoms with van der Waals surface area (Å²) in [7, 11) is 0. The Hall–Kier alpha value is -1.99. The lowest BCUT2D eigenvalue weighted by Gasteiger charge is -2.11. The lowest BCUT2D eigenvalue weighted by Crippen LogP contribution is -2.22. The van der Waals surface area contributed by atoms with Crippen LogP contribution in [-0.2, 0) is 4.79 Å². The van der Waals surface area contributed by atoms with E-state index in [0.717, 1.165) is 26.5 Å². The third-order valence-corrected chi connectivity index (χ3v) is 5.09. The minimum absolute atomic E-state index is 0.0984. The third kappa shape index (κ3) is 3.68. The topological polar surface area (TPSA) is 67.8 Å². The Kier molecular flexibility index (Phi) is 4.58. The Morgan fingerprint density at radius 1 is 1.26 bits per heavy atom. The molecule has 0 fully saturated rings. The molecular weight excluding hydrogens is 328 g/mol. The Morgan fingerprint density at radius 3 is 2.78 bits per heavy atom. The van der Waals surface area contributed by atoms with Gasteiger partial charge in [-0.05, 0) is 38.5 Å². The minimum Gasteiger partial charge on any atom is -0.300 e. The molecular formula is C16H16N4OS2. The van der Waals surface area contributed by atoms with Crippen LogP contribution in [0.15, 0.2) is 35.4 Å². The number of nitrogens with zero attached hydrogens (tertiary/aromatic N) is 3. The van der Waals surface area contributed by atoms with Crippen molar-refractivity contribution in [3.8, 4) is 0 Å². The Bertz CT molecular complexity index is 862. The lowest BCUT2D eigenvalue weighted by atomic mass is 10.1. The van der Waals surface area contributed by atoms with Crippen LogP contribution in [0.1, 0.15) is 17.5 Å². The fraction of sp³-hybridized carbons (Fsp3) is 0.250. The first kappa shape index (κ1) is 15.9. The Balaban J connectivity index is 1.74. The number of benzene rings is 1. The number of hydrogen-bond donors (Lipinski definition) is 1. The molecule has 0 radical (unpaired) electrons. The molecule has 1 aromatic carbocycles. The van der Waals surface area contributed by atoms with Crippen molar-refractivity contribution in [2.24, 2.45) is 0 Å². The van der Waals surface area contributed by atoms with Crippen LogP contribution in [0.5, 0.6) is 0 Å². The molecule has 0 saturated heterocycles. The molecule has 0 saturated carbocycles. The van der Waals surface area contributed by atoms with Gasteiger partial charge in [-0.25, -0.2) is 4.98 Å². The van der Waals surface area contributed by atoms with Gasteiger partial charge < -0.3 is 0 Å². The van der Waals surface area contributed by atoms with Crippen molar-refractivity contribution in [2.45, 2.75) is 31.0 Å². The van der Waals surface area contributed by atoms with E-state index in [1.807, 2.05) is 38.1 Å². The van der Waals surface area contributed by atoms with E-state index in [0.29, 0.717) is 5.13 Å². The third-order valence-electron chi connectivity index (χ3n) is 3.32. The molecule has 23 heavy (non-hydrogen) atoms. The number of carbonyl (C=O) groups excluding carboxylic acids is 1. The van der Waals surface area contributed by atoms with Gasteiger partial charge in [0.15, 0.2) is 0 Å². The number of para-hydroxylation sites is 1. The highest BCUT2D eigenvalue weighted by molar-refractivity contribution is 8.00. The predicted molar refractivity (Wildman–Crippen MR) is 95.1 cm³/mol. The summed E-state index contributed by atoms with van der Waals surface area (Å²) in [4.78, 5) is 16.9. The van der Waals surface area contributed by atoms with Gasteiger partial charge in [0.1, 0.15) is 5.01 Å². The van der Waals surface area contributed by atoms with Crippen molar-refractivity contribution in [1.29, 1.82) is 0 Å². The molecule has 118 valence electrons. The number of anilines is 1. The zero-order valence-electron chi connectivity index (χ0n) is 13.0. The molecule has 5 nitrogen and oxygen atoms in total. The van der Waals surface area contributed by atoms with Crippen LogP contribution in [0.25, 0.3) is 10.9 Å². The number of carbonyl (C=O) groups is 1. The summed E-state index contributed by atoms with van der Waals surface area (Å²) in [6.07, 6.45) is 0. The Morgan fingerprint density at radius 2 is 2.04 bits per heavy atom. The van der Waals surface area contributed by atoms with Crippen molar-refractivity contribution in [3.63, 3.8) is 0 Å². The molecule has 0 aliphatic heterocycles. The molecule has 7 heteroatoms. The average molecular weight is 344 g/mol. The van der Waals surface area contributed by atoms with Crippen molar-refractivity contribution in [1.82, 2.24) is 15.2 Å². The van der Waals surface area contributed by atoms with Gasteiger partial charge in [-0.1, -0.05) is 41.3 Å². The van der Waals surface area contributed by atoms with E-state index in [4.69, 9.17) is 0 Å². The van der Waals surface area contributed by atoms with Crippen LogP contribution in [0.4, 0.5) is 5.13 Å². The summed E-state index contributed by atoms with van der Waals surface area (Å²) in [6.45, 7) is 5.77. The molecule has 0 bridgehead atoms. The van der Waals surface area contributed by atoms with Gasteiger partial charge in [-0.15, -0.1) is 10.2 Å². The summed E-state index contributed by atoms with van der Waals surface area (Å²) in [5, 5.41) is 13.7. The second-order valence-corrected chi connectivity index (χ2v) is 7.71. The maximum atomic E-state index is 12.3. The van der Waals surface area contributed by atoms with E-state index < -0.39 is 0 Å². The molecule has 2 heterocycles. The largest absolute Gasteiger partial charge is 0.300 e. The first-order valence-corrected chi connectivity index (χ1v) is 8.86. The second kappa shape index (κ2) is 6.64. The zero-order valence-corrected chi connectivity index (χ0v) is 14.7. The molecule has 0 aliphatic carbocycles. The quantitative estimate of drug-likeness (QED) is 0.729. The van der Waals surface area contributed by atoms with Crippen molar-refractivity contribution < 1.29 is 4.79 Å². The van der Waals surface area contributed by atoms with Gasteiger partial charge in [-0.2, -0.15) is 0 Å². The van der Waals surface area contributed by atoms with E-state index in [1.54, 1.807) is 0 Å². The van der Waals surface area contributed by atoms with Crippen molar-refractivity contribution in [3.05, 3.63) is 40.9 Å². The standard InChI is InChI=1S/C16H16N4OS2/c1-9-8-14(17-13-7-5-4-6-12(9)13)22-10(2)15(21)18-16-20-19-11(3)23-16/h4-8,10H,1-3H3,(H,18,20,21)/t10-/m0/s1. The van der Waals surface area contributed by atoms with Crippen LogP contribution in [0, 0.1) is 13.8 Å². The molecule has 1 atom stereocenters. The van der Waals surface area contributed by atoms with Crippen LogP contribution >= 0.6 is 23.1 Å². The minimum atomic E-state index is -0.271. The summed E-state index contributed by atoms with van der Waals surface area (Å²) in [6, 6.07) is 10.0. The predicted octanol–water partition coefficient (Wildman–Crippen LogP) is 3.82. The van der Waals surface area contributed by atoms with E-state index in [9.17, 15) is 4.79 Å². The van der Waals surface area contributed by atoms with E-state index in [1.165, 1.54) is 23.1 Å². The smallest absolute Gasteiger partial charge is 0.239 e. The maximum absolute atomic E-state index is 12.3. The average Bonchev–Trinajstić information content (AvgIpc) is 2.92. The van der Waals surface area contributed by atoms with E-state index in [2.05, 4.69) is 33.5 Å². The number of nitrogens with one attached hydrogen (secondary N) is 1. The molecule has 1 N–H and O–H groups in total. The molecule has 3 aromatic rings. The van der Waals surface area contributed by atoms with Crippen molar-refractivity contribution >= 4 is 45.0 Å². The number of rotatable bonds is 4. The van der Waals surface area contributed by atoms with Crippen LogP contribution in [-0.4, -0.2) is 26.3 Å². The van der Waals surface area contributed by atoms with Gasteiger partial charge >= 0.3 is 0 Å². The fourth-order valence-corrected chi connectivity index (χ4v) is 3.69. The molecule has 0 unspecified atom stereocenters. The van der Waals surface area contributed by atoms with Crippen LogP contribution < -0.4 is 5.32 Å². The molecule has 1 amide bonds. The summed E-state index contributed by atoms with van der Waals surface area (Å²) in [5.41, 5.74) is 2.10.